The molecule has 0 aliphatic heterocycles. The summed E-state index contributed by atoms with van der Waals surface area (Å²) in [6.07, 6.45) is 0. The van der Waals surface area contributed by atoms with Crippen LogP contribution in [0, 0.1) is 23.2 Å². The maximum Gasteiger partial charge on any atom is 0.144 e. The number of nitriles is 1. The summed E-state index contributed by atoms with van der Waals surface area (Å²) in [5.74, 6) is 1.49. The molecule has 4 heteroatoms. The molecule has 4 nitrogen and oxygen atoms in total. The van der Waals surface area contributed by atoms with Crippen LogP contribution >= 0.6 is 0 Å². The van der Waals surface area contributed by atoms with Gasteiger partial charge < -0.3 is 10.4 Å². The van der Waals surface area contributed by atoms with Crippen LogP contribution in [0.3, 0.4) is 0 Å². The average Bonchev–Trinajstić information content (AvgIpc) is 2.38. The highest BCUT2D eigenvalue weighted by atomic mass is 16.3. The van der Waals surface area contributed by atoms with Crippen LogP contribution in [0.2, 0.25) is 0 Å². The molecular formula is C15H23N3O. The summed E-state index contributed by atoms with van der Waals surface area (Å²) in [5.41, 5.74) is 1.51. The van der Waals surface area contributed by atoms with E-state index in [9.17, 15) is 5.11 Å². The van der Waals surface area contributed by atoms with E-state index in [0.29, 0.717) is 29.8 Å². The van der Waals surface area contributed by atoms with Crippen LogP contribution in [0.5, 0.6) is 0 Å². The number of aliphatic hydroxyl groups excluding tert-OH is 1. The molecule has 0 radical (unpaired) electrons. The van der Waals surface area contributed by atoms with Gasteiger partial charge in [0, 0.05) is 24.8 Å². The third kappa shape index (κ3) is 4.22. The molecule has 0 spiro atoms. The van der Waals surface area contributed by atoms with Gasteiger partial charge in [0.1, 0.15) is 11.9 Å². The zero-order valence-electron chi connectivity index (χ0n) is 12.1. The zero-order chi connectivity index (χ0) is 14.4. The first kappa shape index (κ1) is 15.5. The van der Waals surface area contributed by atoms with Crippen molar-refractivity contribution in [3.63, 3.8) is 0 Å². The monoisotopic (exact) mass is 261 g/mol. The van der Waals surface area contributed by atoms with E-state index in [2.05, 4.69) is 44.1 Å². The summed E-state index contributed by atoms with van der Waals surface area (Å²) in [6, 6.07) is 5.83. The van der Waals surface area contributed by atoms with Crippen molar-refractivity contribution in [2.45, 2.75) is 33.6 Å². The predicted octanol–water partition coefficient (Wildman–Crippen LogP) is 2.75. The van der Waals surface area contributed by atoms with E-state index < -0.39 is 0 Å². The zero-order valence-corrected chi connectivity index (χ0v) is 12.1. The Morgan fingerprint density at radius 1 is 1.32 bits per heavy atom. The Morgan fingerprint density at radius 2 is 2.00 bits per heavy atom. The van der Waals surface area contributed by atoms with Crippen molar-refractivity contribution < 1.29 is 5.11 Å². The Kier molecular flexibility index (Phi) is 5.78. The quantitative estimate of drug-likeness (QED) is 0.826. The smallest absolute Gasteiger partial charge is 0.144 e. The Labute approximate surface area is 115 Å². The van der Waals surface area contributed by atoms with Gasteiger partial charge in [0.25, 0.3) is 0 Å². The maximum atomic E-state index is 9.32. The van der Waals surface area contributed by atoms with Crippen molar-refractivity contribution in [3.8, 4) is 6.07 Å². The topological polar surface area (TPSA) is 68.9 Å². The Hall–Kier alpha value is -1.60. The molecule has 0 bridgehead atoms. The van der Waals surface area contributed by atoms with E-state index in [1.165, 1.54) is 0 Å². The molecular weight excluding hydrogens is 238 g/mol. The molecule has 1 rings (SSSR count). The van der Waals surface area contributed by atoms with Gasteiger partial charge in [0.15, 0.2) is 0 Å². The van der Waals surface area contributed by atoms with Crippen LogP contribution in [0.1, 0.15) is 44.9 Å². The molecule has 1 aromatic rings. The lowest BCUT2D eigenvalue weighted by Gasteiger charge is -2.19. The third-order valence-corrected chi connectivity index (χ3v) is 3.34. The van der Waals surface area contributed by atoms with E-state index in [1.54, 1.807) is 6.07 Å². The fourth-order valence-corrected chi connectivity index (χ4v) is 1.76. The molecule has 0 fully saturated rings. The maximum absolute atomic E-state index is 9.32. The van der Waals surface area contributed by atoms with Crippen LogP contribution in [0.25, 0.3) is 0 Å². The largest absolute Gasteiger partial charge is 0.396 e. The Balaban J connectivity index is 2.87. The average molecular weight is 261 g/mol. The highest BCUT2D eigenvalue weighted by Gasteiger charge is 2.14. The number of anilines is 1. The lowest BCUT2D eigenvalue weighted by atomic mass is 9.97. The lowest BCUT2D eigenvalue weighted by Crippen LogP contribution is -2.23. The lowest BCUT2D eigenvalue weighted by molar-refractivity contribution is 0.198. The van der Waals surface area contributed by atoms with Crippen molar-refractivity contribution in [1.29, 1.82) is 5.26 Å². The van der Waals surface area contributed by atoms with E-state index in [-0.39, 0.29) is 12.5 Å². The number of aromatic nitrogens is 1. The number of hydrogen-bond donors (Lipinski definition) is 2. The van der Waals surface area contributed by atoms with Crippen molar-refractivity contribution in [2.24, 2.45) is 11.8 Å². The van der Waals surface area contributed by atoms with E-state index in [0.717, 1.165) is 5.69 Å². The molecule has 19 heavy (non-hydrogen) atoms. The van der Waals surface area contributed by atoms with Crippen LogP contribution in [-0.4, -0.2) is 23.2 Å². The summed E-state index contributed by atoms with van der Waals surface area (Å²) in [7, 11) is 0. The second-order valence-electron chi connectivity index (χ2n) is 5.47. The minimum Gasteiger partial charge on any atom is -0.396 e. The van der Waals surface area contributed by atoms with Gasteiger partial charge in [-0.1, -0.05) is 27.7 Å². The molecule has 0 saturated heterocycles. The van der Waals surface area contributed by atoms with Crippen molar-refractivity contribution in [2.75, 3.05) is 18.5 Å². The summed E-state index contributed by atoms with van der Waals surface area (Å²) in [4.78, 5) is 4.49. The van der Waals surface area contributed by atoms with E-state index in [1.807, 2.05) is 6.07 Å². The van der Waals surface area contributed by atoms with Crippen LogP contribution in [0.4, 0.5) is 5.82 Å². The minimum atomic E-state index is 0.135. The van der Waals surface area contributed by atoms with Gasteiger partial charge in [-0.05, 0) is 24.0 Å². The summed E-state index contributed by atoms with van der Waals surface area (Å²) >= 11 is 0. The van der Waals surface area contributed by atoms with Gasteiger partial charge in [-0.25, -0.2) is 4.98 Å². The normalized spacial score (nSPS) is 12.5. The first-order valence-corrected chi connectivity index (χ1v) is 6.75. The molecule has 1 unspecified atom stereocenters. The first-order valence-electron chi connectivity index (χ1n) is 6.75. The number of rotatable bonds is 6. The third-order valence-electron chi connectivity index (χ3n) is 3.34. The van der Waals surface area contributed by atoms with Crippen LogP contribution in [-0.2, 0) is 0 Å². The molecule has 1 atom stereocenters. The van der Waals surface area contributed by atoms with E-state index >= 15 is 0 Å². The molecule has 1 aromatic heterocycles. The molecule has 0 aromatic carbocycles. The highest BCUT2D eigenvalue weighted by molar-refractivity contribution is 5.52. The molecule has 2 N–H and O–H groups in total. The molecule has 0 saturated carbocycles. The van der Waals surface area contributed by atoms with Gasteiger partial charge >= 0.3 is 0 Å². The van der Waals surface area contributed by atoms with Crippen molar-refractivity contribution >= 4 is 5.82 Å². The Morgan fingerprint density at radius 3 is 2.47 bits per heavy atom. The van der Waals surface area contributed by atoms with Crippen molar-refractivity contribution in [1.82, 2.24) is 4.98 Å². The van der Waals surface area contributed by atoms with Gasteiger partial charge in [-0.3, -0.25) is 0 Å². The van der Waals surface area contributed by atoms with Gasteiger partial charge in [-0.2, -0.15) is 5.26 Å². The van der Waals surface area contributed by atoms with Crippen molar-refractivity contribution in [3.05, 3.63) is 23.4 Å². The Bertz CT molecular complexity index is 449. The number of hydrogen-bond acceptors (Lipinski definition) is 4. The number of nitrogens with zero attached hydrogens (tertiary/aromatic N) is 2. The molecule has 1 heterocycles. The van der Waals surface area contributed by atoms with Crippen LogP contribution in [0.15, 0.2) is 12.1 Å². The second kappa shape index (κ2) is 7.10. The second-order valence-corrected chi connectivity index (χ2v) is 5.47. The standard InChI is InChI=1S/C15H23N3O/c1-10(2)13(9-19)8-17-15-12(7-16)5-6-14(18-15)11(3)4/h5-6,10-11,13,19H,8-9H2,1-4H3,(H,17,18). The minimum absolute atomic E-state index is 0.135. The van der Waals surface area contributed by atoms with Gasteiger partial charge in [0.05, 0.1) is 5.56 Å². The molecule has 0 aliphatic rings. The number of pyridine rings is 1. The first-order chi connectivity index (χ1) is 8.99. The summed E-state index contributed by atoms with van der Waals surface area (Å²) in [6.45, 7) is 9.05. The summed E-state index contributed by atoms with van der Waals surface area (Å²) < 4.78 is 0. The molecule has 104 valence electrons. The van der Waals surface area contributed by atoms with E-state index in [4.69, 9.17) is 5.26 Å². The number of aliphatic hydroxyl groups is 1. The predicted molar refractivity (Wildman–Crippen MR) is 76.9 cm³/mol. The van der Waals surface area contributed by atoms with Gasteiger partial charge in [0.2, 0.25) is 0 Å². The summed E-state index contributed by atoms with van der Waals surface area (Å²) in [5, 5.41) is 21.6. The van der Waals surface area contributed by atoms with Gasteiger partial charge in [-0.15, -0.1) is 0 Å². The molecule has 0 aliphatic carbocycles. The highest BCUT2D eigenvalue weighted by Crippen LogP contribution is 2.19. The SMILES string of the molecule is CC(C)c1ccc(C#N)c(NCC(CO)C(C)C)n1. The fraction of sp³-hybridized carbons (Fsp3) is 0.600. The number of nitrogens with one attached hydrogen (secondary N) is 1. The molecule has 0 amide bonds. The fourth-order valence-electron chi connectivity index (χ4n) is 1.76. The van der Waals surface area contributed by atoms with Crippen LogP contribution < -0.4 is 5.32 Å².